The summed E-state index contributed by atoms with van der Waals surface area (Å²) in [5.74, 6) is 0. The molecule has 144 valence electrons. The average Bonchev–Trinajstić information content (AvgIpc) is 2.85. The zero-order valence-corrected chi connectivity index (χ0v) is 16.8. The summed E-state index contributed by atoms with van der Waals surface area (Å²) in [4.78, 5) is 17.7. The molecule has 1 atom stereocenters. The molecule has 0 aromatic heterocycles. The molecule has 2 amide bonds. The molecule has 3 N–H and O–H groups in total. The van der Waals surface area contributed by atoms with Crippen LogP contribution >= 0.6 is 23.8 Å². The van der Waals surface area contributed by atoms with E-state index in [0.717, 1.165) is 22.5 Å². The Hall–Kier alpha value is -3.22. The summed E-state index contributed by atoms with van der Waals surface area (Å²) >= 11 is 11.5. The molecule has 1 heterocycles. The van der Waals surface area contributed by atoms with Crippen LogP contribution in [0.25, 0.3) is 0 Å². The van der Waals surface area contributed by atoms with Gasteiger partial charge in [0.1, 0.15) is 4.99 Å². The smallest absolute Gasteiger partial charge is 0.321 e. The molecule has 7 heteroatoms. The maximum Gasteiger partial charge on any atom is 0.321 e. The molecule has 29 heavy (non-hydrogen) atoms. The molecule has 0 fully saturated rings. The van der Waals surface area contributed by atoms with E-state index in [0.29, 0.717) is 15.7 Å². The van der Waals surface area contributed by atoms with E-state index in [1.165, 1.54) is 0 Å². The third kappa shape index (κ3) is 4.45. The van der Waals surface area contributed by atoms with E-state index in [1.54, 1.807) is 24.3 Å². The fourth-order valence-corrected chi connectivity index (χ4v) is 3.45. The summed E-state index contributed by atoms with van der Waals surface area (Å²) in [5, 5.41) is 9.32. The van der Waals surface area contributed by atoms with Gasteiger partial charge in [-0.15, -0.1) is 0 Å². The molecule has 0 saturated heterocycles. The van der Waals surface area contributed by atoms with Crippen molar-refractivity contribution in [1.82, 2.24) is 5.32 Å². The summed E-state index contributed by atoms with van der Waals surface area (Å²) in [6.45, 7) is 0. The quantitative estimate of drug-likeness (QED) is 0.518. The topological polar surface area (TPSA) is 65.5 Å². The number of nitrogens with zero attached hydrogens (tertiary/aromatic N) is 1. The number of benzodiazepines with no additional fused rings is 1. The number of aliphatic imine (C=N–C) groups is 1. The molecule has 0 spiro atoms. The van der Waals surface area contributed by atoms with Gasteiger partial charge < -0.3 is 16.0 Å². The summed E-state index contributed by atoms with van der Waals surface area (Å²) in [6, 6.07) is 24.1. The number of halogens is 1. The van der Waals surface area contributed by atoms with Gasteiger partial charge in [0.2, 0.25) is 0 Å². The van der Waals surface area contributed by atoms with Crippen molar-refractivity contribution in [3.8, 4) is 0 Å². The van der Waals surface area contributed by atoms with E-state index in [4.69, 9.17) is 28.8 Å². The highest BCUT2D eigenvalue weighted by atomic mass is 35.5. The second-order valence-corrected chi connectivity index (χ2v) is 7.27. The molecule has 1 aliphatic heterocycles. The van der Waals surface area contributed by atoms with Crippen LogP contribution in [-0.2, 0) is 0 Å². The van der Waals surface area contributed by atoms with Crippen molar-refractivity contribution in [3.63, 3.8) is 0 Å². The van der Waals surface area contributed by atoms with Gasteiger partial charge >= 0.3 is 6.03 Å². The number of thiocarbonyl (C=S) groups is 1. The molecule has 0 unspecified atom stereocenters. The maximum absolute atomic E-state index is 12.5. The molecule has 4 rings (SSSR count). The minimum Gasteiger partial charge on any atom is -0.346 e. The molecule has 0 saturated carbocycles. The Balaban J connectivity index is 1.64. The van der Waals surface area contributed by atoms with Gasteiger partial charge in [0, 0.05) is 27.5 Å². The molecular formula is C22H17ClN4OS. The van der Waals surface area contributed by atoms with Gasteiger partial charge in [0.15, 0.2) is 6.17 Å². The van der Waals surface area contributed by atoms with Crippen LogP contribution in [0.1, 0.15) is 11.1 Å². The van der Waals surface area contributed by atoms with Crippen molar-refractivity contribution in [2.75, 3.05) is 10.6 Å². The third-order valence-electron chi connectivity index (χ3n) is 4.34. The lowest BCUT2D eigenvalue weighted by molar-refractivity contribution is 0.251. The van der Waals surface area contributed by atoms with Gasteiger partial charge in [-0.3, -0.25) is 4.99 Å². The Morgan fingerprint density at radius 1 is 1.00 bits per heavy atom. The fraction of sp³-hybridized carbons (Fsp3) is 0.0455. The fourth-order valence-electron chi connectivity index (χ4n) is 3.04. The van der Waals surface area contributed by atoms with E-state index in [1.807, 2.05) is 54.6 Å². The van der Waals surface area contributed by atoms with E-state index in [-0.39, 0.29) is 0 Å². The van der Waals surface area contributed by atoms with Crippen molar-refractivity contribution in [3.05, 3.63) is 95.0 Å². The van der Waals surface area contributed by atoms with E-state index in [9.17, 15) is 4.79 Å². The summed E-state index contributed by atoms with van der Waals surface area (Å²) < 4.78 is 0. The first-order valence-corrected chi connectivity index (χ1v) is 9.75. The Bertz CT molecular complexity index is 1100. The van der Waals surface area contributed by atoms with Crippen molar-refractivity contribution in [1.29, 1.82) is 0 Å². The number of rotatable bonds is 3. The predicted molar refractivity (Wildman–Crippen MR) is 122 cm³/mol. The van der Waals surface area contributed by atoms with Crippen molar-refractivity contribution < 1.29 is 4.79 Å². The zero-order chi connectivity index (χ0) is 20.2. The number of hydrogen-bond donors (Lipinski definition) is 3. The van der Waals surface area contributed by atoms with Crippen LogP contribution in [0.3, 0.4) is 0 Å². The largest absolute Gasteiger partial charge is 0.346 e. The molecule has 5 nitrogen and oxygen atoms in total. The minimum atomic E-state index is -0.730. The molecule has 0 aliphatic carbocycles. The number of anilines is 2. The molecule has 3 aromatic carbocycles. The van der Waals surface area contributed by atoms with Crippen LogP contribution in [0, 0.1) is 0 Å². The van der Waals surface area contributed by atoms with Gasteiger partial charge in [0.05, 0.1) is 5.71 Å². The number of benzene rings is 3. The second kappa shape index (κ2) is 8.43. The summed E-state index contributed by atoms with van der Waals surface area (Å²) in [7, 11) is 0. The van der Waals surface area contributed by atoms with Crippen molar-refractivity contribution in [2.45, 2.75) is 6.17 Å². The van der Waals surface area contributed by atoms with Crippen molar-refractivity contribution in [2.24, 2.45) is 4.99 Å². The van der Waals surface area contributed by atoms with Crippen LogP contribution in [0.5, 0.6) is 0 Å². The van der Waals surface area contributed by atoms with E-state index in [2.05, 4.69) is 16.0 Å². The van der Waals surface area contributed by atoms with Crippen LogP contribution in [0.15, 0.2) is 83.9 Å². The number of urea groups is 1. The van der Waals surface area contributed by atoms with Crippen LogP contribution in [-0.4, -0.2) is 22.9 Å². The highest BCUT2D eigenvalue weighted by Crippen LogP contribution is 2.24. The lowest BCUT2D eigenvalue weighted by atomic mass is 10.0. The monoisotopic (exact) mass is 420 g/mol. The highest BCUT2D eigenvalue weighted by molar-refractivity contribution is 7.80. The zero-order valence-electron chi connectivity index (χ0n) is 15.2. The summed E-state index contributed by atoms with van der Waals surface area (Å²) in [6.07, 6.45) is -0.730. The van der Waals surface area contributed by atoms with Crippen LogP contribution < -0.4 is 16.0 Å². The molecular weight excluding hydrogens is 404 g/mol. The SMILES string of the molecule is O=C(Nc1cccc(Cl)c1)N[C@@H]1N=C(c2ccccc2)c2ccccc2NC1=S. The first-order chi connectivity index (χ1) is 14.1. The maximum atomic E-state index is 12.5. The number of carbonyl (C=O) groups excluding carboxylic acids is 1. The van der Waals surface area contributed by atoms with Gasteiger partial charge in [-0.1, -0.05) is 78.4 Å². The Kier molecular flexibility index (Phi) is 5.55. The Morgan fingerprint density at radius 3 is 2.55 bits per heavy atom. The van der Waals surface area contributed by atoms with Gasteiger partial charge in [0.25, 0.3) is 0 Å². The standard InChI is InChI=1S/C22H17ClN4OS/c23-15-9-6-10-16(13-15)24-22(28)27-20-21(29)25-18-12-5-4-11-17(18)19(26-20)14-7-2-1-3-8-14/h1-13,20H,(H,25,29)(H2,24,27,28)/t20-/m0/s1. The lowest BCUT2D eigenvalue weighted by Crippen LogP contribution is -2.43. The molecule has 0 bridgehead atoms. The van der Waals surface area contributed by atoms with E-state index >= 15 is 0 Å². The number of para-hydroxylation sites is 1. The predicted octanol–water partition coefficient (Wildman–Crippen LogP) is 5.08. The van der Waals surface area contributed by atoms with Gasteiger partial charge in [-0.2, -0.15) is 0 Å². The minimum absolute atomic E-state index is 0.407. The molecule has 0 radical (unpaired) electrons. The number of fused-ring (bicyclic) bond motifs is 1. The average molecular weight is 421 g/mol. The number of hydrogen-bond acceptors (Lipinski definition) is 3. The lowest BCUT2D eigenvalue weighted by Gasteiger charge is -2.16. The normalized spacial score (nSPS) is 15.4. The number of amides is 2. The van der Waals surface area contributed by atoms with Crippen molar-refractivity contribution >= 4 is 51.9 Å². The summed E-state index contributed by atoms with van der Waals surface area (Å²) in [5.41, 5.74) is 4.04. The number of carbonyl (C=O) groups is 1. The second-order valence-electron chi connectivity index (χ2n) is 6.39. The highest BCUT2D eigenvalue weighted by Gasteiger charge is 2.24. The Labute approximate surface area is 178 Å². The first-order valence-electron chi connectivity index (χ1n) is 8.97. The van der Waals surface area contributed by atoms with Gasteiger partial charge in [-0.05, 0) is 24.3 Å². The van der Waals surface area contributed by atoms with Crippen LogP contribution in [0.2, 0.25) is 5.02 Å². The Morgan fingerprint density at radius 2 is 1.76 bits per heavy atom. The molecule has 1 aliphatic rings. The van der Waals surface area contributed by atoms with Gasteiger partial charge in [-0.25, -0.2) is 4.79 Å². The van der Waals surface area contributed by atoms with E-state index < -0.39 is 12.2 Å². The number of nitrogens with one attached hydrogen (secondary N) is 3. The first kappa shape index (κ1) is 19.1. The molecule has 3 aromatic rings. The third-order valence-corrected chi connectivity index (χ3v) is 4.90. The van der Waals surface area contributed by atoms with Crippen LogP contribution in [0.4, 0.5) is 16.2 Å².